The molecule has 1 aromatic carbocycles. The fourth-order valence-electron chi connectivity index (χ4n) is 2.55. The molecule has 0 radical (unpaired) electrons. The van der Waals surface area contributed by atoms with Gasteiger partial charge in [-0.3, -0.25) is 4.79 Å². The Morgan fingerprint density at radius 3 is 2.78 bits per heavy atom. The smallest absolute Gasteiger partial charge is 0.255 e. The molecule has 98 valence electrons. The summed E-state index contributed by atoms with van der Waals surface area (Å²) < 4.78 is 0. The van der Waals surface area contributed by atoms with Crippen molar-refractivity contribution < 1.29 is 15.0 Å². The Morgan fingerprint density at radius 2 is 2.17 bits per heavy atom. The Labute approximate surface area is 107 Å². The number of aromatic hydroxyl groups is 2. The largest absolute Gasteiger partial charge is 0.508 e. The van der Waals surface area contributed by atoms with Gasteiger partial charge in [-0.05, 0) is 36.8 Å². The molecule has 4 nitrogen and oxygen atoms in total. The number of hydrogen-bond acceptors (Lipinski definition) is 3. The highest BCUT2D eigenvalue weighted by Gasteiger charge is 2.22. The molecule has 1 aliphatic rings. The van der Waals surface area contributed by atoms with Gasteiger partial charge in [0.05, 0.1) is 5.56 Å². The van der Waals surface area contributed by atoms with Gasteiger partial charge in [0.25, 0.3) is 5.91 Å². The maximum atomic E-state index is 11.9. The number of carbonyl (C=O) groups excluding carboxylic acids is 1. The van der Waals surface area contributed by atoms with Crippen molar-refractivity contribution in [3.63, 3.8) is 0 Å². The summed E-state index contributed by atoms with van der Waals surface area (Å²) in [6.07, 6.45) is 3.54. The van der Waals surface area contributed by atoms with E-state index in [0.717, 1.165) is 18.8 Å². The topological polar surface area (TPSA) is 69.6 Å². The van der Waals surface area contributed by atoms with Crippen LogP contribution in [0, 0.1) is 11.8 Å². The third-order valence-electron chi connectivity index (χ3n) is 3.58. The number of nitrogens with one attached hydrogen (secondary N) is 1. The maximum Gasteiger partial charge on any atom is 0.255 e. The third-order valence-corrected chi connectivity index (χ3v) is 3.58. The van der Waals surface area contributed by atoms with Gasteiger partial charge in [0.1, 0.15) is 11.5 Å². The number of phenols is 2. The summed E-state index contributed by atoms with van der Waals surface area (Å²) >= 11 is 0. The minimum absolute atomic E-state index is 0.0475. The summed E-state index contributed by atoms with van der Waals surface area (Å²) in [5.74, 6) is 0.769. The SMILES string of the molecule is CC1CCC(CNC(=O)c2ccc(O)cc2O)C1. The molecule has 0 spiro atoms. The first-order chi connectivity index (χ1) is 8.56. The molecule has 1 saturated carbocycles. The standard InChI is InChI=1S/C14H19NO3/c1-9-2-3-10(6-9)8-15-14(18)12-5-4-11(16)7-13(12)17/h4-5,7,9-10,16-17H,2-3,6,8H2,1H3,(H,15,18). The van der Waals surface area contributed by atoms with Gasteiger partial charge in [-0.15, -0.1) is 0 Å². The van der Waals surface area contributed by atoms with Gasteiger partial charge in [-0.25, -0.2) is 0 Å². The Bertz CT molecular complexity index is 445. The molecule has 2 unspecified atom stereocenters. The van der Waals surface area contributed by atoms with Crippen LogP contribution in [0.5, 0.6) is 11.5 Å². The van der Waals surface area contributed by atoms with Crippen LogP contribution in [0.2, 0.25) is 0 Å². The second-order valence-electron chi connectivity index (χ2n) is 5.20. The van der Waals surface area contributed by atoms with Crippen LogP contribution in [0.25, 0.3) is 0 Å². The normalized spacial score (nSPS) is 22.9. The fourth-order valence-corrected chi connectivity index (χ4v) is 2.55. The van der Waals surface area contributed by atoms with Gasteiger partial charge >= 0.3 is 0 Å². The van der Waals surface area contributed by atoms with Crippen molar-refractivity contribution in [1.82, 2.24) is 5.32 Å². The van der Waals surface area contributed by atoms with Crippen LogP contribution in [0.3, 0.4) is 0 Å². The van der Waals surface area contributed by atoms with Crippen molar-refractivity contribution in [2.45, 2.75) is 26.2 Å². The number of hydrogen-bond donors (Lipinski definition) is 3. The Balaban J connectivity index is 1.91. The van der Waals surface area contributed by atoms with E-state index in [0.29, 0.717) is 12.5 Å². The lowest BCUT2D eigenvalue weighted by atomic mass is 10.1. The zero-order chi connectivity index (χ0) is 13.1. The summed E-state index contributed by atoms with van der Waals surface area (Å²) in [4.78, 5) is 11.9. The van der Waals surface area contributed by atoms with Gasteiger partial charge in [-0.2, -0.15) is 0 Å². The number of rotatable bonds is 3. The van der Waals surface area contributed by atoms with Crippen molar-refractivity contribution in [3.05, 3.63) is 23.8 Å². The van der Waals surface area contributed by atoms with Crippen LogP contribution < -0.4 is 5.32 Å². The molecule has 3 N–H and O–H groups in total. The molecule has 4 heteroatoms. The van der Waals surface area contributed by atoms with Gasteiger partial charge in [0.15, 0.2) is 0 Å². The molecule has 1 aliphatic carbocycles. The van der Waals surface area contributed by atoms with Gasteiger partial charge in [0, 0.05) is 12.6 Å². The zero-order valence-electron chi connectivity index (χ0n) is 10.5. The van der Waals surface area contributed by atoms with E-state index >= 15 is 0 Å². The lowest BCUT2D eigenvalue weighted by molar-refractivity contribution is 0.0944. The van der Waals surface area contributed by atoms with E-state index in [2.05, 4.69) is 12.2 Å². The predicted molar refractivity (Wildman–Crippen MR) is 68.6 cm³/mol. The first-order valence-electron chi connectivity index (χ1n) is 6.36. The van der Waals surface area contributed by atoms with Crippen molar-refractivity contribution in [2.75, 3.05) is 6.54 Å². The molecule has 18 heavy (non-hydrogen) atoms. The number of benzene rings is 1. The number of carbonyl (C=O) groups is 1. The van der Waals surface area contributed by atoms with Crippen molar-refractivity contribution >= 4 is 5.91 Å². The second-order valence-corrected chi connectivity index (χ2v) is 5.20. The summed E-state index contributed by atoms with van der Waals surface area (Å²) in [5, 5.41) is 21.6. The number of amides is 1. The fraction of sp³-hybridized carbons (Fsp3) is 0.500. The van der Waals surface area contributed by atoms with Crippen LogP contribution in [0.15, 0.2) is 18.2 Å². The van der Waals surface area contributed by atoms with E-state index in [1.54, 1.807) is 0 Å². The molecular formula is C14H19NO3. The zero-order valence-corrected chi connectivity index (χ0v) is 10.5. The van der Waals surface area contributed by atoms with Gasteiger partial charge < -0.3 is 15.5 Å². The molecule has 2 rings (SSSR count). The quantitative estimate of drug-likeness (QED) is 0.769. The lowest BCUT2D eigenvalue weighted by Crippen LogP contribution is -2.28. The van der Waals surface area contributed by atoms with E-state index in [-0.39, 0.29) is 23.0 Å². The molecule has 0 saturated heterocycles. The van der Waals surface area contributed by atoms with E-state index in [1.165, 1.54) is 24.6 Å². The second kappa shape index (κ2) is 5.29. The first kappa shape index (κ1) is 12.7. The van der Waals surface area contributed by atoms with Crippen molar-refractivity contribution in [3.8, 4) is 11.5 Å². The molecular weight excluding hydrogens is 230 g/mol. The molecule has 0 aliphatic heterocycles. The summed E-state index contributed by atoms with van der Waals surface area (Å²) in [6, 6.07) is 4.00. The van der Waals surface area contributed by atoms with Crippen molar-refractivity contribution in [2.24, 2.45) is 11.8 Å². The van der Waals surface area contributed by atoms with E-state index in [9.17, 15) is 9.90 Å². The molecule has 1 aromatic rings. The van der Waals surface area contributed by atoms with Crippen LogP contribution in [-0.2, 0) is 0 Å². The molecule has 1 amide bonds. The minimum atomic E-state index is -0.285. The Kier molecular flexibility index (Phi) is 3.75. The number of phenolic OH excluding ortho intramolecular Hbond substituents is 2. The van der Waals surface area contributed by atoms with E-state index in [4.69, 9.17) is 5.11 Å². The summed E-state index contributed by atoms with van der Waals surface area (Å²) in [7, 11) is 0. The van der Waals surface area contributed by atoms with Gasteiger partial charge in [0.2, 0.25) is 0 Å². The lowest BCUT2D eigenvalue weighted by Gasteiger charge is -2.11. The third kappa shape index (κ3) is 2.94. The molecule has 0 heterocycles. The Hall–Kier alpha value is -1.71. The monoisotopic (exact) mass is 249 g/mol. The summed E-state index contributed by atoms with van der Waals surface area (Å²) in [6.45, 7) is 2.89. The van der Waals surface area contributed by atoms with Gasteiger partial charge in [-0.1, -0.05) is 13.3 Å². The molecule has 2 atom stereocenters. The average Bonchev–Trinajstić information content (AvgIpc) is 2.72. The molecule has 0 bridgehead atoms. The first-order valence-corrected chi connectivity index (χ1v) is 6.36. The Morgan fingerprint density at radius 1 is 1.39 bits per heavy atom. The van der Waals surface area contributed by atoms with E-state index < -0.39 is 0 Å². The highest BCUT2D eigenvalue weighted by atomic mass is 16.3. The van der Waals surface area contributed by atoms with E-state index in [1.807, 2.05) is 0 Å². The van der Waals surface area contributed by atoms with Crippen LogP contribution in [-0.4, -0.2) is 22.7 Å². The van der Waals surface area contributed by atoms with Crippen LogP contribution >= 0.6 is 0 Å². The molecule has 1 fully saturated rings. The highest BCUT2D eigenvalue weighted by Crippen LogP contribution is 2.29. The molecule has 0 aromatic heterocycles. The van der Waals surface area contributed by atoms with Crippen LogP contribution in [0.4, 0.5) is 0 Å². The summed E-state index contributed by atoms with van der Waals surface area (Å²) in [5.41, 5.74) is 0.207. The maximum absolute atomic E-state index is 11.9. The highest BCUT2D eigenvalue weighted by molar-refractivity contribution is 5.96. The minimum Gasteiger partial charge on any atom is -0.508 e. The van der Waals surface area contributed by atoms with Crippen LogP contribution in [0.1, 0.15) is 36.5 Å². The average molecular weight is 249 g/mol. The predicted octanol–water partition coefficient (Wildman–Crippen LogP) is 2.26. The van der Waals surface area contributed by atoms with Crippen molar-refractivity contribution in [1.29, 1.82) is 0 Å².